The van der Waals surface area contributed by atoms with Crippen molar-refractivity contribution in [3.05, 3.63) is 11.7 Å². The van der Waals surface area contributed by atoms with Crippen LogP contribution >= 0.6 is 0 Å². The van der Waals surface area contributed by atoms with Gasteiger partial charge in [0.25, 0.3) is 0 Å². The predicted molar refractivity (Wildman–Crippen MR) is 74.2 cm³/mol. The van der Waals surface area contributed by atoms with Gasteiger partial charge in [-0.05, 0) is 32.6 Å². The van der Waals surface area contributed by atoms with E-state index < -0.39 is 0 Å². The van der Waals surface area contributed by atoms with Gasteiger partial charge in [-0.15, -0.1) is 0 Å². The molecule has 112 valence electrons. The number of ketones is 1. The van der Waals surface area contributed by atoms with Crippen molar-refractivity contribution in [2.75, 3.05) is 6.61 Å². The van der Waals surface area contributed by atoms with E-state index in [4.69, 9.17) is 9.26 Å². The van der Waals surface area contributed by atoms with E-state index >= 15 is 0 Å². The first kappa shape index (κ1) is 15.2. The van der Waals surface area contributed by atoms with Gasteiger partial charge in [-0.2, -0.15) is 4.98 Å². The summed E-state index contributed by atoms with van der Waals surface area (Å²) in [5.41, 5.74) is 0. The van der Waals surface area contributed by atoms with Crippen LogP contribution in [-0.2, 0) is 16.0 Å². The van der Waals surface area contributed by atoms with Crippen LogP contribution in [0.4, 0.5) is 0 Å². The van der Waals surface area contributed by atoms with E-state index in [-0.39, 0.29) is 11.9 Å². The monoisotopic (exact) mass is 280 g/mol. The minimum atomic E-state index is -0.0601. The van der Waals surface area contributed by atoms with Gasteiger partial charge in [0.05, 0.1) is 0 Å². The largest absolute Gasteiger partial charge is 0.370 e. The minimum absolute atomic E-state index is 0.0601. The Bertz CT molecular complexity index is 425. The Kier molecular flexibility index (Phi) is 5.71. The molecule has 1 aromatic heterocycles. The average Bonchev–Trinajstić information content (AvgIpc) is 2.92. The second-order valence-electron chi connectivity index (χ2n) is 5.52. The molecule has 0 saturated heterocycles. The lowest BCUT2D eigenvalue weighted by atomic mass is 9.85. The maximum absolute atomic E-state index is 11.0. The topological polar surface area (TPSA) is 65.2 Å². The zero-order valence-corrected chi connectivity index (χ0v) is 12.4. The number of hydrogen-bond acceptors (Lipinski definition) is 5. The van der Waals surface area contributed by atoms with E-state index in [1.165, 1.54) is 32.1 Å². The molecule has 1 heterocycles. The van der Waals surface area contributed by atoms with Gasteiger partial charge in [0.1, 0.15) is 11.9 Å². The summed E-state index contributed by atoms with van der Waals surface area (Å²) in [5, 5.41) is 4.07. The maximum Gasteiger partial charge on any atom is 0.227 e. The second kappa shape index (κ2) is 7.53. The highest BCUT2D eigenvalue weighted by Gasteiger charge is 2.29. The van der Waals surface area contributed by atoms with Crippen molar-refractivity contribution in [2.45, 2.75) is 64.9 Å². The normalized spacial score (nSPS) is 18.1. The van der Waals surface area contributed by atoms with Gasteiger partial charge >= 0.3 is 0 Å². The van der Waals surface area contributed by atoms with Crippen LogP contribution < -0.4 is 0 Å². The molecule has 0 spiro atoms. The van der Waals surface area contributed by atoms with Crippen molar-refractivity contribution in [1.82, 2.24) is 10.1 Å². The fourth-order valence-electron chi connectivity index (χ4n) is 2.81. The summed E-state index contributed by atoms with van der Waals surface area (Å²) in [6.07, 6.45) is 7.06. The van der Waals surface area contributed by atoms with Gasteiger partial charge in [-0.3, -0.25) is 0 Å². The molecule has 0 bridgehead atoms. The van der Waals surface area contributed by atoms with Crippen LogP contribution in [0.2, 0.25) is 0 Å². The zero-order chi connectivity index (χ0) is 14.4. The van der Waals surface area contributed by atoms with Crippen molar-refractivity contribution in [2.24, 2.45) is 5.92 Å². The third-order valence-electron chi connectivity index (χ3n) is 3.85. The van der Waals surface area contributed by atoms with Crippen molar-refractivity contribution >= 4 is 5.78 Å². The van der Waals surface area contributed by atoms with Crippen LogP contribution in [0.1, 0.15) is 70.2 Å². The number of aryl methyl sites for hydroxylation is 1. The van der Waals surface area contributed by atoms with E-state index in [1.807, 2.05) is 6.92 Å². The number of aromatic nitrogens is 2. The highest BCUT2D eigenvalue weighted by atomic mass is 16.5. The lowest BCUT2D eigenvalue weighted by molar-refractivity contribution is -0.117. The molecule has 1 atom stereocenters. The van der Waals surface area contributed by atoms with E-state index in [2.05, 4.69) is 10.1 Å². The highest BCUT2D eigenvalue weighted by molar-refractivity contribution is 5.75. The molecular formula is C15H24N2O3. The zero-order valence-electron chi connectivity index (χ0n) is 12.4. The average molecular weight is 280 g/mol. The molecule has 0 aliphatic heterocycles. The summed E-state index contributed by atoms with van der Waals surface area (Å²) in [5.74, 6) is 1.81. The molecule has 1 saturated carbocycles. The first-order valence-corrected chi connectivity index (χ1v) is 7.64. The van der Waals surface area contributed by atoms with Crippen LogP contribution in [0, 0.1) is 5.92 Å². The van der Waals surface area contributed by atoms with Gasteiger partial charge in [-0.25, -0.2) is 0 Å². The summed E-state index contributed by atoms with van der Waals surface area (Å²) >= 11 is 0. The van der Waals surface area contributed by atoms with Crippen molar-refractivity contribution in [3.63, 3.8) is 0 Å². The maximum atomic E-state index is 11.0. The van der Waals surface area contributed by atoms with Crippen LogP contribution in [-0.4, -0.2) is 22.5 Å². The molecule has 2 rings (SSSR count). The summed E-state index contributed by atoms with van der Waals surface area (Å²) in [6.45, 7) is 4.22. The molecular weight excluding hydrogens is 256 g/mol. The summed E-state index contributed by atoms with van der Waals surface area (Å²) < 4.78 is 11.1. The fraction of sp³-hybridized carbons (Fsp3) is 0.800. The molecule has 1 fully saturated rings. The molecule has 20 heavy (non-hydrogen) atoms. The third-order valence-corrected chi connectivity index (χ3v) is 3.85. The second-order valence-corrected chi connectivity index (χ2v) is 5.52. The highest BCUT2D eigenvalue weighted by Crippen LogP contribution is 2.35. The molecule has 1 aliphatic rings. The Morgan fingerprint density at radius 3 is 2.80 bits per heavy atom. The molecule has 5 nitrogen and oxygen atoms in total. The summed E-state index contributed by atoms with van der Waals surface area (Å²) in [6, 6.07) is 0. The van der Waals surface area contributed by atoms with Crippen LogP contribution in [0.15, 0.2) is 4.52 Å². The van der Waals surface area contributed by atoms with Crippen LogP contribution in [0.25, 0.3) is 0 Å². The lowest BCUT2D eigenvalue weighted by Crippen LogP contribution is -2.20. The summed E-state index contributed by atoms with van der Waals surface area (Å²) in [7, 11) is 0. The molecule has 1 aliphatic carbocycles. The molecule has 0 radical (unpaired) electrons. The fourth-order valence-corrected chi connectivity index (χ4v) is 2.81. The minimum Gasteiger partial charge on any atom is -0.370 e. The molecule has 0 amide bonds. The standard InChI is InChI=1S/C15H24N2O3/c1-3-19-14(12-7-5-4-6-8-12)15-16-13(20-17-15)10-9-11(2)18/h12,14H,3-10H2,1-2H3. The number of carbonyl (C=O) groups is 1. The van der Waals surface area contributed by atoms with Gasteiger partial charge < -0.3 is 14.1 Å². The molecule has 1 aromatic rings. The first-order valence-electron chi connectivity index (χ1n) is 7.64. The van der Waals surface area contributed by atoms with Crippen LogP contribution in [0.5, 0.6) is 0 Å². The predicted octanol–water partition coefficient (Wildman–Crippen LogP) is 3.25. The Morgan fingerprint density at radius 1 is 1.40 bits per heavy atom. The Labute approximate surface area is 120 Å². The number of hydrogen-bond donors (Lipinski definition) is 0. The van der Waals surface area contributed by atoms with E-state index in [0.29, 0.717) is 37.1 Å². The number of carbonyl (C=O) groups excluding carboxylic acids is 1. The Balaban J connectivity index is 2.02. The first-order chi connectivity index (χ1) is 9.70. The SMILES string of the molecule is CCOC(c1noc(CCC(C)=O)n1)C1CCCCC1. The van der Waals surface area contributed by atoms with Gasteiger partial charge in [0.2, 0.25) is 11.7 Å². The number of nitrogens with zero attached hydrogens (tertiary/aromatic N) is 2. The molecule has 0 aromatic carbocycles. The third kappa shape index (κ3) is 4.13. The smallest absolute Gasteiger partial charge is 0.227 e. The number of rotatable bonds is 7. The van der Waals surface area contributed by atoms with Gasteiger partial charge in [0, 0.05) is 19.4 Å². The molecule has 5 heteroatoms. The van der Waals surface area contributed by atoms with Crippen molar-refractivity contribution < 1.29 is 14.1 Å². The Hall–Kier alpha value is -1.23. The number of Topliss-reactive ketones (excluding diaryl/α,β-unsaturated/α-hetero) is 1. The lowest BCUT2D eigenvalue weighted by Gasteiger charge is -2.27. The number of ether oxygens (including phenoxy) is 1. The summed E-state index contributed by atoms with van der Waals surface area (Å²) in [4.78, 5) is 15.4. The molecule has 0 N–H and O–H groups in total. The van der Waals surface area contributed by atoms with E-state index in [0.717, 1.165) is 0 Å². The Morgan fingerprint density at radius 2 is 2.15 bits per heavy atom. The van der Waals surface area contributed by atoms with Crippen LogP contribution in [0.3, 0.4) is 0 Å². The van der Waals surface area contributed by atoms with Gasteiger partial charge in [0.15, 0.2) is 0 Å². The van der Waals surface area contributed by atoms with E-state index in [1.54, 1.807) is 6.92 Å². The van der Waals surface area contributed by atoms with Crippen molar-refractivity contribution in [3.8, 4) is 0 Å². The van der Waals surface area contributed by atoms with E-state index in [9.17, 15) is 4.79 Å². The van der Waals surface area contributed by atoms with Gasteiger partial charge in [-0.1, -0.05) is 24.4 Å². The molecule has 1 unspecified atom stereocenters. The van der Waals surface area contributed by atoms with Crippen molar-refractivity contribution in [1.29, 1.82) is 0 Å². The quantitative estimate of drug-likeness (QED) is 0.767.